The minimum absolute atomic E-state index is 0.0500. The summed E-state index contributed by atoms with van der Waals surface area (Å²) < 4.78 is 20.1. The molecule has 0 aliphatic carbocycles. The van der Waals surface area contributed by atoms with Gasteiger partial charge in [0, 0.05) is 10.9 Å². The van der Waals surface area contributed by atoms with E-state index in [1.54, 1.807) is 18.6 Å². The van der Waals surface area contributed by atoms with Crippen molar-refractivity contribution in [2.45, 2.75) is 6.61 Å². The van der Waals surface area contributed by atoms with Gasteiger partial charge in [0.05, 0.1) is 14.2 Å². The number of rotatable bonds is 6. The lowest BCUT2D eigenvalue weighted by atomic mass is 10.2. The number of benzene rings is 1. The molecule has 0 bridgehead atoms. The van der Waals surface area contributed by atoms with Crippen molar-refractivity contribution in [1.29, 1.82) is 0 Å². The van der Waals surface area contributed by atoms with E-state index < -0.39 is 11.9 Å². The first-order valence-corrected chi connectivity index (χ1v) is 8.43. The van der Waals surface area contributed by atoms with E-state index in [-0.39, 0.29) is 18.1 Å². The van der Waals surface area contributed by atoms with Crippen LogP contribution in [0.1, 0.15) is 26.8 Å². The van der Waals surface area contributed by atoms with Crippen LogP contribution < -0.4 is 4.74 Å². The van der Waals surface area contributed by atoms with Crippen molar-refractivity contribution >= 4 is 23.3 Å². The van der Waals surface area contributed by atoms with Gasteiger partial charge in [0.1, 0.15) is 23.1 Å². The van der Waals surface area contributed by atoms with Gasteiger partial charge in [-0.3, -0.25) is 0 Å². The van der Waals surface area contributed by atoms with Crippen LogP contribution in [0, 0.1) is 0 Å². The molecule has 7 nitrogen and oxygen atoms in total. The standard InChI is InChI=1S/C18H15NO6S/c1-22-12-5-3-11(4-6-12)16-19-14(10-26-16)17(20)24-9-13-7-8-15(25-13)18(21)23-2/h3-8,10H,9H2,1-2H3. The van der Waals surface area contributed by atoms with E-state index in [4.69, 9.17) is 13.9 Å². The molecule has 8 heteroatoms. The van der Waals surface area contributed by atoms with Crippen molar-refractivity contribution in [3.05, 3.63) is 59.0 Å². The second-order valence-electron chi connectivity index (χ2n) is 5.10. The molecule has 0 N–H and O–H groups in total. The highest BCUT2D eigenvalue weighted by Gasteiger charge is 2.16. The first kappa shape index (κ1) is 17.7. The molecule has 0 aliphatic rings. The van der Waals surface area contributed by atoms with Crippen LogP contribution in [0.15, 0.2) is 46.2 Å². The molecule has 0 amide bonds. The fourth-order valence-electron chi connectivity index (χ4n) is 2.11. The Balaban J connectivity index is 1.62. The molecule has 0 fully saturated rings. The minimum Gasteiger partial charge on any atom is -0.497 e. The first-order valence-electron chi connectivity index (χ1n) is 7.55. The van der Waals surface area contributed by atoms with Gasteiger partial charge in [-0.2, -0.15) is 0 Å². The van der Waals surface area contributed by atoms with E-state index in [0.29, 0.717) is 10.8 Å². The maximum atomic E-state index is 12.1. The van der Waals surface area contributed by atoms with Crippen LogP contribution >= 0.6 is 11.3 Å². The summed E-state index contributed by atoms with van der Waals surface area (Å²) in [6.45, 7) is -0.106. The molecule has 2 aromatic heterocycles. The second-order valence-corrected chi connectivity index (χ2v) is 5.96. The number of thiazole rings is 1. The van der Waals surface area contributed by atoms with Gasteiger partial charge >= 0.3 is 11.9 Å². The van der Waals surface area contributed by atoms with Gasteiger partial charge in [0.2, 0.25) is 5.76 Å². The summed E-state index contributed by atoms with van der Waals surface area (Å²) in [6.07, 6.45) is 0. The van der Waals surface area contributed by atoms with E-state index >= 15 is 0 Å². The number of carbonyl (C=O) groups is 2. The summed E-state index contributed by atoms with van der Waals surface area (Å²) in [5.74, 6) is -0.0312. The Morgan fingerprint density at radius 2 is 1.85 bits per heavy atom. The SMILES string of the molecule is COC(=O)c1ccc(COC(=O)c2csc(-c3ccc(OC)cc3)n2)o1. The lowest BCUT2D eigenvalue weighted by molar-refractivity contribution is 0.0432. The molecule has 134 valence electrons. The van der Waals surface area contributed by atoms with E-state index in [0.717, 1.165) is 11.3 Å². The number of hydrogen-bond acceptors (Lipinski definition) is 8. The highest BCUT2D eigenvalue weighted by molar-refractivity contribution is 7.13. The Morgan fingerprint density at radius 1 is 1.08 bits per heavy atom. The van der Waals surface area contributed by atoms with E-state index in [2.05, 4.69) is 9.72 Å². The number of aromatic nitrogens is 1. The topological polar surface area (TPSA) is 87.9 Å². The monoisotopic (exact) mass is 373 g/mol. The van der Waals surface area contributed by atoms with Gasteiger partial charge in [0.15, 0.2) is 5.69 Å². The summed E-state index contributed by atoms with van der Waals surface area (Å²) in [4.78, 5) is 27.7. The normalized spacial score (nSPS) is 10.4. The molecule has 3 rings (SSSR count). The van der Waals surface area contributed by atoms with Crippen molar-refractivity contribution in [1.82, 2.24) is 4.98 Å². The maximum Gasteiger partial charge on any atom is 0.373 e. The van der Waals surface area contributed by atoms with Gasteiger partial charge in [-0.25, -0.2) is 14.6 Å². The minimum atomic E-state index is -0.591. The number of hydrogen-bond donors (Lipinski definition) is 0. The fourth-order valence-corrected chi connectivity index (χ4v) is 2.91. The zero-order valence-electron chi connectivity index (χ0n) is 14.1. The van der Waals surface area contributed by atoms with Crippen molar-refractivity contribution < 1.29 is 28.2 Å². The Labute approximate surface area is 153 Å². The summed E-state index contributed by atoms with van der Waals surface area (Å²) in [7, 11) is 2.85. The zero-order valence-corrected chi connectivity index (χ0v) is 14.9. The lowest BCUT2D eigenvalue weighted by Crippen LogP contribution is -2.05. The fraction of sp³-hybridized carbons (Fsp3) is 0.167. The molecular weight excluding hydrogens is 358 g/mol. The quantitative estimate of drug-likeness (QED) is 0.611. The summed E-state index contributed by atoms with van der Waals surface area (Å²) in [5.41, 5.74) is 1.09. The predicted octanol–water partition coefficient (Wildman–Crippen LogP) is 3.56. The average Bonchev–Trinajstić information content (AvgIpc) is 3.35. The zero-order chi connectivity index (χ0) is 18.5. The van der Waals surface area contributed by atoms with E-state index in [1.807, 2.05) is 24.3 Å². The van der Waals surface area contributed by atoms with Crippen LogP contribution in [-0.4, -0.2) is 31.1 Å². The van der Waals surface area contributed by atoms with Crippen molar-refractivity contribution in [3.63, 3.8) is 0 Å². The van der Waals surface area contributed by atoms with Gasteiger partial charge in [0.25, 0.3) is 0 Å². The molecule has 1 aromatic carbocycles. The molecule has 2 heterocycles. The molecule has 0 radical (unpaired) electrons. The summed E-state index contributed by atoms with van der Waals surface area (Å²) in [5, 5.41) is 2.33. The summed E-state index contributed by atoms with van der Waals surface area (Å²) >= 11 is 1.34. The number of methoxy groups -OCH3 is 2. The van der Waals surface area contributed by atoms with E-state index in [1.165, 1.54) is 24.5 Å². The van der Waals surface area contributed by atoms with Crippen LogP contribution in [0.25, 0.3) is 10.6 Å². The molecule has 26 heavy (non-hydrogen) atoms. The third-order valence-electron chi connectivity index (χ3n) is 3.44. The number of ether oxygens (including phenoxy) is 3. The van der Waals surface area contributed by atoms with Crippen LogP contribution in [0.5, 0.6) is 5.75 Å². The van der Waals surface area contributed by atoms with Crippen LogP contribution in [0.4, 0.5) is 0 Å². The second kappa shape index (κ2) is 7.83. The Morgan fingerprint density at radius 3 is 2.54 bits per heavy atom. The van der Waals surface area contributed by atoms with Crippen LogP contribution in [0.3, 0.4) is 0 Å². The largest absolute Gasteiger partial charge is 0.497 e. The average molecular weight is 373 g/mol. The molecule has 0 saturated carbocycles. The van der Waals surface area contributed by atoms with Gasteiger partial charge in [-0.1, -0.05) is 0 Å². The highest BCUT2D eigenvalue weighted by Crippen LogP contribution is 2.26. The van der Waals surface area contributed by atoms with Gasteiger partial charge in [-0.15, -0.1) is 11.3 Å². The van der Waals surface area contributed by atoms with Crippen LogP contribution in [-0.2, 0) is 16.1 Å². The Bertz CT molecular complexity index is 912. The van der Waals surface area contributed by atoms with E-state index in [9.17, 15) is 9.59 Å². The highest BCUT2D eigenvalue weighted by atomic mass is 32.1. The molecule has 0 aliphatic heterocycles. The predicted molar refractivity (Wildman–Crippen MR) is 93.3 cm³/mol. The molecule has 3 aromatic rings. The van der Waals surface area contributed by atoms with Crippen LogP contribution in [0.2, 0.25) is 0 Å². The number of nitrogens with zero attached hydrogens (tertiary/aromatic N) is 1. The van der Waals surface area contributed by atoms with Gasteiger partial charge < -0.3 is 18.6 Å². The Hall–Kier alpha value is -3.13. The van der Waals surface area contributed by atoms with Gasteiger partial charge in [-0.05, 0) is 36.4 Å². The number of carbonyl (C=O) groups excluding carboxylic acids is 2. The molecule has 0 spiro atoms. The maximum absolute atomic E-state index is 12.1. The molecular formula is C18H15NO6S. The molecule has 0 unspecified atom stereocenters. The molecule has 0 saturated heterocycles. The number of furan rings is 1. The summed E-state index contributed by atoms with van der Waals surface area (Å²) in [6, 6.07) is 10.4. The lowest BCUT2D eigenvalue weighted by Gasteiger charge is -2.01. The number of esters is 2. The van der Waals surface area contributed by atoms with Crippen molar-refractivity contribution in [3.8, 4) is 16.3 Å². The third kappa shape index (κ3) is 3.92. The Kier molecular flexibility index (Phi) is 5.33. The first-order chi connectivity index (χ1) is 12.6. The smallest absolute Gasteiger partial charge is 0.373 e. The third-order valence-corrected chi connectivity index (χ3v) is 4.34. The molecule has 0 atom stereocenters. The van der Waals surface area contributed by atoms with Crippen molar-refractivity contribution in [2.75, 3.05) is 14.2 Å². The van der Waals surface area contributed by atoms with Crippen molar-refractivity contribution in [2.24, 2.45) is 0 Å².